The molecule has 0 aliphatic heterocycles. The van der Waals surface area contributed by atoms with Crippen molar-refractivity contribution in [3.05, 3.63) is 45.4 Å². The van der Waals surface area contributed by atoms with Crippen molar-refractivity contribution in [3.63, 3.8) is 0 Å². The highest BCUT2D eigenvalue weighted by molar-refractivity contribution is 7.21. The number of aryl methyl sites for hydroxylation is 1. The fourth-order valence-corrected chi connectivity index (χ4v) is 3.82. The minimum absolute atomic E-state index is 0.0773. The fourth-order valence-electron chi connectivity index (χ4n) is 2.56. The maximum atomic E-state index is 12.6. The van der Waals surface area contributed by atoms with Gasteiger partial charge in [0.05, 0.1) is 18.0 Å². The molecule has 25 heavy (non-hydrogen) atoms. The van der Waals surface area contributed by atoms with Crippen LogP contribution >= 0.6 is 22.9 Å². The van der Waals surface area contributed by atoms with Crippen molar-refractivity contribution in [1.29, 1.82) is 0 Å². The Morgan fingerprint density at radius 2 is 2.20 bits per heavy atom. The Bertz CT molecular complexity index is 971. The lowest BCUT2D eigenvalue weighted by atomic mass is 10.1. The predicted octanol–water partition coefficient (Wildman–Crippen LogP) is 3.94. The van der Waals surface area contributed by atoms with E-state index in [1.807, 2.05) is 13.0 Å². The van der Waals surface area contributed by atoms with Crippen LogP contribution in [-0.4, -0.2) is 23.1 Å². The summed E-state index contributed by atoms with van der Waals surface area (Å²) >= 11 is 7.10. The van der Waals surface area contributed by atoms with Crippen LogP contribution < -0.4 is 11.1 Å². The lowest BCUT2D eigenvalue weighted by molar-refractivity contribution is 0.103. The van der Waals surface area contributed by atoms with Gasteiger partial charge >= 0.3 is 0 Å². The first-order valence-electron chi connectivity index (χ1n) is 7.38. The topological polar surface area (TPSA) is 97.5 Å². The van der Waals surface area contributed by atoms with E-state index in [9.17, 15) is 9.90 Å². The zero-order chi connectivity index (χ0) is 18.1. The zero-order valence-corrected chi connectivity index (χ0v) is 15.2. The number of phenolic OH excluding ortho intramolecular Hbond substituents is 1. The van der Waals surface area contributed by atoms with Crippen LogP contribution in [0.2, 0.25) is 5.02 Å². The Balaban J connectivity index is 2.03. The molecule has 6 nitrogen and oxygen atoms in total. The van der Waals surface area contributed by atoms with Gasteiger partial charge < -0.3 is 20.9 Å². The smallest absolute Gasteiger partial charge is 0.268 e. The Labute approximate surface area is 153 Å². The zero-order valence-electron chi connectivity index (χ0n) is 13.6. The van der Waals surface area contributed by atoms with Crippen LogP contribution in [-0.2, 0) is 11.3 Å². The van der Waals surface area contributed by atoms with Crippen LogP contribution in [0.15, 0.2) is 24.3 Å². The summed E-state index contributed by atoms with van der Waals surface area (Å²) in [5, 5.41) is 13.6. The van der Waals surface area contributed by atoms with Crippen molar-refractivity contribution in [3.8, 4) is 5.75 Å². The van der Waals surface area contributed by atoms with E-state index in [4.69, 9.17) is 22.1 Å². The number of hydrogen-bond donors (Lipinski definition) is 3. The van der Waals surface area contributed by atoms with Gasteiger partial charge in [-0.2, -0.15) is 0 Å². The summed E-state index contributed by atoms with van der Waals surface area (Å²) in [7, 11) is 1.60. The van der Waals surface area contributed by atoms with E-state index in [-0.39, 0.29) is 11.4 Å². The number of benzene rings is 1. The third-order valence-corrected chi connectivity index (χ3v) is 4.95. The molecule has 2 heterocycles. The van der Waals surface area contributed by atoms with Gasteiger partial charge in [-0.05, 0) is 36.8 Å². The summed E-state index contributed by atoms with van der Waals surface area (Å²) < 4.78 is 5.21. The Hall–Kier alpha value is -2.35. The molecule has 2 aromatic heterocycles. The number of nitrogens with zero attached hydrogens (tertiary/aromatic N) is 1. The molecule has 1 aromatic carbocycles. The fraction of sp³-hybridized carbons (Fsp3) is 0.176. The predicted molar refractivity (Wildman–Crippen MR) is 101 cm³/mol. The summed E-state index contributed by atoms with van der Waals surface area (Å²) in [6, 6.07) is 6.30. The number of nitrogens with two attached hydrogens (primary N) is 1. The number of phenols is 1. The van der Waals surface area contributed by atoms with Crippen molar-refractivity contribution in [2.24, 2.45) is 0 Å². The molecular formula is C17H16ClN3O3S. The quantitative estimate of drug-likeness (QED) is 0.598. The Morgan fingerprint density at radius 1 is 1.44 bits per heavy atom. The molecule has 0 atom stereocenters. The van der Waals surface area contributed by atoms with Crippen LogP contribution in [0.4, 0.5) is 11.4 Å². The molecule has 0 bridgehead atoms. The maximum absolute atomic E-state index is 12.6. The summed E-state index contributed by atoms with van der Waals surface area (Å²) in [6.07, 6.45) is 0. The van der Waals surface area contributed by atoms with E-state index in [0.29, 0.717) is 27.0 Å². The third-order valence-electron chi connectivity index (χ3n) is 3.62. The van der Waals surface area contributed by atoms with Gasteiger partial charge in [-0.25, -0.2) is 4.98 Å². The number of aromatic hydroxyl groups is 1. The second-order valence-electron chi connectivity index (χ2n) is 5.50. The molecule has 3 aromatic rings. The molecule has 0 radical (unpaired) electrons. The summed E-state index contributed by atoms with van der Waals surface area (Å²) in [4.78, 5) is 18.1. The van der Waals surface area contributed by atoms with E-state index in [1.54, 1.807) is 7.11 Å². The minimum Gasteiger partial charge on any atom is -0.506 e. The molecule has 0 spiro atoms. The molecule has 0 aliphatic rings. The molecule has 0 saturated heterocycles. The van der Waals surface area contributed by atoms with Gasteiger partial charge in [-0.3, -0.25) is 4.79 Å². The van der Waals surface area contributed by atoms with Crippen molar-refractivity contribution in [2.75, 3.05) is 18.2 Å². The van der Waals surface area contributed by atoms with Gasteiger partial charge in [0.2, 0.25) is 0 Å². The molecule has 0 unspecified atom stereocenters. The lowest BCUT2D eigenvalue weighted by Gasteiger charge is -2.07. The van der Waals surface area contributed by atoms with E-state index >= 15 is 0 Å². The van der Waals surface area contributed by atoms with Crippen LogP contribution in [0.25, 0.3) is 10.2 Å². The number of halogens is 1. The highest BCUT2D eigenvalue weighted by atomic mass is 35.5. The lowest BCUT2D eigenvalue weighted by Crippen LogP contribution is -2.12. The number of rotatable bonds is 4. The van der Waals surface area contributed by atoms with Gasteiger partial charge in [0.1, 0.15) is 15.5 Å². The van der Waals surface area contributed by atoms with Crippen molar-refractivity contribution in [2.45, 2.75) is 13.5 Å². The standard InChI is InChI=1S/C17H16ClN3O3S/c1-8-5-9(7-24-2)13-14(19)15(25-17(13)20-8)16(23)21-11-6-10(18)3-4-12(11)22/h3-6,22H,7,19H2,1-2H3,(H,21,23). The number of nitrogens with one attached hydrogen (secondary N) is 1. The van der Waals surface area contributed by atoms with Gasteiger partial charge in [-0.15, -0.1) is 11.3 Å². The van der Waals surface area contributed by atoms with Gasteiger partial charge in [-0.1, -0.05) is 11.6 Å². The third kappa shape index (κ3) is 3.39. The Kier molecular flexibility index (Phi) is 4.80. The summed E-state index contributed by atoms with van der Waals surface area (Å²) in [6.45, 7) is 2.25. The number of fused-ring (bicyclic) bond motifs is 1. The first-order chi connectivity index (χ1) is 11.9. The number of aromatic nitrogens is 1. The molecule has 1 amide bonds. The first kappa shape index (κ1) is 17.5. The highest BCUT2D eigenvalue weighted by Gasteiger charge is 2.21. The molecule has 0 aliphatic carbocycles. The molecule has 130 valence electrons. The molecule has 8 heteroatoms. The number of carbonyl (C=O) groups excluding carboxylic acids is 1. The minimum atomic E-state index is -0.431. The molecule has 4 N–H and O–H groups in total. The van der Waals surface area contributed by atoms with Crippen molar-refractivity contribution < 1.29 is 14.6 Å². The van der Waals surface area contributed by atoms with E-state index in [1.165, 1.54) is 29.5 Å². The van der Waals surface area contributed by atoms with Crippen molar-refractivity contribution in [1.82, 2.24) is 4.98 Å². The average Bonchev–Trinajstić information content (AvgIpc) is 2.88. The molecule has 0 saturated carbocycles. The molecule has 3 rings (SSSR count). The van der Waals surface area contributed by atoms with E-state index in [2.05, 4.69) is 10.3 Å². The Morgan fingerprint density at radius 3 is 2.92 bits per heavy atom. The second kappa shape index (κ2) is 6.87. The number of carbonyl (C=O) groups is 1. The maximum Gasteiger partial charge on any atom is 0.268 e. The van der Waals surface area contributed by atoms with Gasteiger partial charge in [0.25, 0.3) is 5.91 Å². The number of anilines is 2. The first-order valence-corrected chi connectivity index (χ1v) is 8.57. The number of methoxy groups -OCH3 is 1. The van der Waals surface area contributed by atoms with E-state index in [0.717, 1.165) is 16.6 Å². The SMILES string of the molecule is COCc1cc(C)nc2sc(C(=O)Nc3cc(Cl)ccc3O)c(N)c12. The van der Waals surface area contributed by atoms with Crippen LogP contribution in [0, 0.1) is 6.92 Å². The second-order valence-corrected chi connectivity index (χ2v) is 6.93. The number of nitrogen functional groups attached to an aromatic ring is 1. The van der Waals surface area contributed by atoms with E-state index < -0.39 is 5.91 Å². The summed E-state index contributed by atoms with van der Waals surface area (Å²) in [5.41, 5.74) is 8.47. The van der Waals surface area contributed by atoms with Gasteiger partial charge in [0, 0.05) is 23.2 Å². The average molecular weight is 378 g/mol. The summed E-state index contributed by atoms with van der Waals surface area (Å²) in [5.74, 6) is -0.509. The van der Waals surface area contributed by atoms with Crippen LogP contribution in [0.5, 0.6) is 5.75 Å². The highest BCUT2D eigenvalue weighted by Crippen LogP contribution is 2.36. The number of pyridine rings is 1. The van der Waals surface area contributed by atoms with Gasteiger partial charge in [0.15, 0.2) is 0 Å². The molecule has 0 fully saturated rings. The largest absolute Gasteiger partial charge is 0.506 e. The number of thiophene rings is 1. The normalized spacial score (nSPS) is 11.0. The van der Waals surface area contributed by atoms with Crippen molar-refractivity contribution >= 4 is 50.4 Å². The number of amides is 1. The number of ether oxygens (including phenoxy) is 1. The van der Waals surface area contributed by atoms with Crippen LogP contribution in [0.1, 0.15) is 20.9 Å². The number of hydrogen-bond acceptors (Lipinski definition) is 6. The molecular weight excluding hydrogens is 362 g/mol. The van der Waals surface area contributed by atoms with Crippen LogP contribution in [0.3, 0.4) is 0 Å². The monoisotopic (exact) mass is 377 g/mol.